The number of carbonyl (C=O) groups is 6. The number of amides is 4. The molecule has 9 atom stereocenters. The highest BCUT2D eigenvalue weighted by atomic mass is 16.6. The van der Waals surface area contributed by atoms with Crippen molar-refractivity contribution in [2.45, 2.75) is 162 Å². The Bertz CT molecular complexity index is 2130. The van der Waals surface area contributed by atoms with E-state index in [0.29, 0.717) is 30.5 Å². The van der Waals surface area contributed by atoms with Crippen LogP contribution in [0.4, 0.5) is 4.79 Å². The first-order valence-electron chi connectivity index (χ1n) is 23.5. The van der Waals surface area contributed by atoms with Gasteiger partial charge < -0.3 is 37.3 Å². The molecule has 1 aliphatic rings. The van der Waals surface area contributed by atoms with Gasteiger partial charge in [0.1, 0.15) is 23.1 Å². The summed E-state index contributed by atoms with van der Waals surface area (Å²) in [4.78, 5) is 105. The maximum Gasteiger partial charge on any atom is 0.410 e. The first-order chi connectivity index (χ1) is 31.4. The molecule has 4 amide bonds. The molecular weight excluding hydrogens is 855 g/mol. The Morgan fingerprint density at radius 2 is 1.63 bits per heavy atom. The fourth-order valence-corrected chi connectivity index (χ4v) is 8.79. The van der Waals surface area contributed by atoms with Crippen LogP contribution in [-0.2, 0) is 41.6 Å². The van der Waals surface area contributed by atoms with Crippen molar-refractivity contribution >= 4 is 35.4 Å². The zero-order chi connectivity index (χ0) is 50.0. The number of ether oxygens (including phenoxy) is 1. The van der Waals surface area contributed by atoms with Crippen LogP contribution in [0.2, 0.25) is 0 Å². The second-order valence-electron chi connectivity index (χ2n) is 20.3. The Labute approximate surface area is 395 Å². The summed E-state index contributed by atoms with van der Waals surface area (Å²) in [6.07, 6.45) is 2.69. The van der Waals surface area contributed by atoms with Gasteiger partial charge in [0.15, 0.2) is 11.6 Å². The molecule has 4 rings (SSSR count). The summed E-state index contributed by atoms with van der Waals surface area (Å²) in [5.41, 5.74) is 16.2. The summed E-state index contributed by atoms with van der Waals surface area (Å²) in [5, 5.41) is 15.1. The molecule has 3 heterocycles. The summed E-state index contributed by atoms with van der Waals surface area (Å²) in [6, 6.07) is 7.07. The number of hydrogen-bond donors (Lipinski definition) is 6. The number of imide groups is 1. The third-order valence-corrected chi connectivity index (χ3v) is 12.8. The summed E-state index contributed by atoms with van der Waals surface area (Å²) in [7, 11) is 0. The highest BCUT2D eigenvalue weighted by Crippen LogP contribution is 2.42. The number of aliphatic hydroxyl groups excluding tert-OH is 1. The van der Waals surface area contributed by atoms with Gasteiger partial charge in [0.25, 0.3) is 0 Å². The SMILES string of the molecule is CC[C@H](C)[C@H](N)C(=O)C(c1ccccn1)N(C(=O)[C@](C[C@H](O)[C@@H](N)CC(C)C)(C(=O)[C@H](Cc1ccccc1)NC(=O)[C@@H]1CCCN1C(=O)OC(C)(C)C)C(C)C)C(=O)[C@@](C)(N)Cc1cnc[nH]1. The number of benzene rings is 1. The topological polar surface area (TPSA) is 270 Å². The van der Waals surface area contributed by atoms with Crippen LogP contribution in [0.25, 0.3) is 0 Å². The van der Waals surface area contributed by atoms with Crippen molar-refractivity contribution in [3.63, 3.8) is 0 Å². The Kier molecular flexibility index (Phi) is 18.7. The number of likely N-dealkylation sites (tertiary alicyclic amines) is 1. The van der Waals surface area contributed by atoms with E-state index in [9.17, 15) is 14.7 Å². The largest absolute Gasteiger partial charge is 0.444 e. The van der Waals surface area contributed by atoms with Crippen LogP contribution >= 0.6 is 0 Å². The molecule has 0 saturated carbocycles. The average molecular weight is 930 g/mol. The number of pyridine rings is 1. The van der Waals surface area contributed by atoms with Gasteiger partial charge in [-0.2, -0.15) is 0 Å². The number of rotatable bonds is 22. The molecule has 0 aliphatic carbocycles. The van der Waals surface area contributed by atoms with Crippen molar-refractivity contribution < 1.29 is 38.6 Å². The third kappa shape index (κ3) is 13.4. The molecule has 17 heteroatoms. The third-order valence-electron chi connectivity index (χ3n) is 12.8. The monoisotopic (exact) mass is 930 g/mol. The quantitative estimate of drug-likeness (QED) is 0.0755. The van der Waals surface area contributed by atoms with Gasteiger partial charge in [-0.3, -0.25) is 38.8 Å². The van der Waals surface area contributed by atoms with Crippen molar-refractivity contribution in [1.82, 2.24) is 30.1 Å². The van der Waals surface area contributed by atoms with Gasteiger partial charge in [0.05, 0.1) is 35.7 Å². The number of nitrogens with two attached hydrogens (primary N) is 3. The summed E-state index contributed by atoms with van der Waals surface area (Å²) in [6.45, 7) is 17.5. The standard InChI is InChI=1S/C50H75N9O8/c1-11-32(6)40(52)42(61)41(36-20-15-16-22-55-36)59(45(64)49(10,53)26-34-28-54-29-56-34)46(65)50(31(4)5,27-39(60)35(51)24-30(2)3)43(62)37(25-33-18-13-12-14-19-33)57-44(63)38-21-17-23-58(38)47(66)67-48(7,8)9/h12-16,18-20,22,28-32,35,37-41,60H,11,17,21,23-27,51-53H2,1-10H3,(H,54,56)(H,57,63)/t32-,35-,37-,38-,39-,40-,41?,49-,50-/m0/s1. The molecule has 0 bridgehead atoms. The van der Waals surface area contributed by atoms with Gasteiger partial charge in [0, 0.05) is 37.1 Å². The number of nitrogens with zero attached hydrogens (tertiary/aromatic N) is 4. The molecule has 0 spiro atoms. The molecular formula is C50H75N9O8. The van der Waals surface area contributed by atoms with E-state index in [1.165, 1.54) is 36.6 Å². The minimum atomic E-state index is -2.39. The van der Waals surface area contributed by atoms with Crippen LogP contribution in [0.1, 0.15) is 124 Å². The number of carbonyl (C=O) groups excluding carboxylic acids is 6. The molecule has 17 nitrogen and oxygen atoms in total. The van der Waals surface area contributed by atoms with Crippen LogP contribution in [0, 0.1) is 23.2 Å². The van der Waals surface area contributed by atoms with E-state index < -0.39 is 107 Å². The van der Waals surface area contributed by atoms with E-state index in [1.807, 2.05) is 20.8 Å². The lowest BCUT2D eigenvalue weighted by molar-refractivity contribution is -0.168. The minimum Gasteiger partial charge on any atom is -0.444 e. The van der Waals surface area contributed by atoms with E-state index in [0.717, 1.165) is 4.90 Å². The number of imidazole rings is 1. The zero-order valence-corrected chi connectivity index (χ0v) is 41.0. The lowest BCUT2D eigenvalue weighted by Gasteiger charge is -2.45. The summed E-state index contributed by atoms with van der Waals surface area (Å²) in [5.74, 6) is -5.88. The maximum atomic E-state index is 16.5. The molecule has 0 radical (unpaired) electrons. The highest BCUT2D eigenvalue weighted by molar-refractivity contribution is 6.16. The fourth-order valence-electron chi connectivity index (χ4n) is 8.79. The second-order valence-corrected chi connectivity index (χ2v) is 20.3. The molecule has 1 aromatic carbocycles. The average Bonchev–Trinajstić information content (AvgIpc) is 3.98. The molecule has 9 N–H and O–H groups in total. The lowest BCUT2D eigenvalue weighted by Crippen LogP contribution is -2.66. The van der Waals surface area contributed by atoms with Crippen LogP contribution in [0.5, 0.6) is 0 Å². The van der Waals surface area contributed by atoms with Crippen molar-refractivity contribution in [3.05, 3.63) is 84.2 Å². The van der Waals surface area contributed by atoms with Gasteiger partial charge in [-0.15, -0.1) is 0 Å². The van der Waals surface area contributed by atoms with E-state index >= 15 is 19.2 Å². The van der Waals surface area contributed by atoms with Gasteiger partial charge in [-0.25, -0.2) is 9.78 Å². The van der Waals surface area contributed by atoms with Crippen molar-refractivity contribution in [3.8, 4) is 0 Å². The first-order valence-corrected chi connectivity index (χ1v) is 23.5. The summed E-state index contributed by atoms with van der Waals surface area (Å²) < 4.78 is 5.65. The first kappa shape index (κ1) is 54.2. The Morgan fingerprint density at radius 3 is 2.18 bits per heavy atom. The van der Waals surface area contributed by atoms with Gasteiger partial charge in [-0.05, 0) is 95.2 Å². The minimum absolute atomic E-state index is 0.000607. The number of H-pyrrole nitrogens is 1. The van der Waals surface area contributed by atoms with E-state index in [1.54, 1.807) is 84.0 Å². The van der Waals surface area contributed by atoms with Crippen molar-refractivity contribution in [1.29, 1.82) is 0 Å². The number of aromatic amines is 1. The Balaban J connectivity index is 2.05. The molecule has 368 valence electrons. The Hall–Kier alpha value is -5.36. The highest BCUT2D eigenvalue weighted by Gasteiger charge is 2.59. The van der Waals surface area contributed by atoms with Gasteiger partial charge >= 0.3 is 6.09 Å². The van der Waals surface area contributed by atoms with Gasteiger partial charge in [-0.1, -0.05) is 84.4 Å². The van der Waals surface area contributed by atoms with E-state index in [-0.39, 0.29) is 37.4 Å². The number of nitrogens with one attached hydrogen (secondary N) is 2. The predicted octanol–water partition coefficient (Wildman–Crippen LogP) is 4.57. The fraction of sp³-hybridized carbons (Fsp3) is 0.600. The number of aromatic nitrogens is 3. The van der Waals surface area contributed by atoms with Gasteiger partial charge in [0.2, 0.25) is 17.7 Å². The smallest absolute Gasteiger partial charge is 0.410 e. The van der Waals surface area contributed by atoms with E-state index in [2.05, 4.69) is 20.3 Å². The second kappa shape index (κ2) is 23.1. The van der Waals surface area contributed by atoms with Crippen molar-refractivity contribution in [2.75, 3.05) is 6.54 Å². The summed E-state index contributed by atoms with van der Waals surface area (Å²) >= 11 is 0. The molecule has 2 aromatic heterocycles. The molecule has 1 unspecified atom stereocenters. The number of Topliss-reactive ketones (excluding diaryl/α,β-unsaturated/α-hetero) is 2. The predicted molar refractivity (Wildman–Crippen MR) is 255 cm³/mol. The van der Waals surface area contributed by atoms with Crippen LogP contribution in [0.3, 0.4) is 0 Å². The zero-order valence-electron chi connectivity index (χ0n) is 41.0. The number of aliphatic hydroxyl groups is 1. The normalized spacial score (nSPS) is 18.7. The maximum absolute atomic E-state index is 16.5. The molecule has 1 fully saturated rings. The number of hydrogen-bond acceptors (Lipinski definition) is 13. The molecule has 67 heavy (non-hydrogen) atoms. The van der Waals surface area contributed by atoms with Crippen LogP contribution in [0.15, 0.2) is 67.3 Å². The van der Waals surface area contributed by atoms with Crippen molar-refractivity contribution in [2.24, 2.45) is 40.4 Å². The van der Waals surface area contributed by atoms with Crippen LogP contribution in [-0.4, -0.2) is 113 Å². The lowest BCUT2D eigenvalue weighted by atomic mass is 9.65. The van der Waals surface area contributed by atoms with Crippen LogP contribution < -0.4 is 22.5 Å². The number of ketones is 2. The molecule has 1 saturated heterocycles. The molecule has 3 aromatic rings. The Morgan fingerprint density at radius 1 is 0.970 bits per heavy atom. The van der Waals surface area contributed by atoms with E-state index in [4.69, 9.17) is 21.9 Å². The molecule has 1 aliphatic heterocycles.